The average molecular weight is 448 g/mol. The minimum Gasteiger partial charge on any atom is -0.376 e. The number of hydrogen-bond donors (Lipinski definition) is 1. The van der Waals surface area contributed by atoms with Crippen molar-refractivity contribution < 1.29 is 22.7 Å². The van der Waals surface area contributed by atoms with Crippen LogP contribution in [-0.4, -0.2) is 39.1 Å². The Morgan fingerprint density at radius 1 is 1.13 bits per heavy atom. The van der Waals surface area contributed by atoms with E-state index >= 15 is 0 Å². The number of halogens is 3. The Hall–Kier alpha value is -2.85. The number of aromatic nitrogens is 3. The molecule has 1 saturated heterocycles. The maximum atomic E-state index is 13.3. The minimum atomic E-state index is -1.04. The summed E-state index contributed by atoms with van der Waals surface area (Å²) in [7, 11) is 0. The van der Waals surface area contributed by atoms with Gasteiger partial charge in [0.2, 0.25) is 5.91 Å². The van der Waals surface area contributed by atoms with Gasteiger partial charge in [0.05, 0.1) is 18.4 Å². The molecule has 31 heavy (non-hydrogen) atoms. The van der Waals surface area contributed by atoms with Crippen LogP contribution >= 0.6 is 11.8 Å². The van der Waals surface area contributed by atoms with E-state index in [2.05, 4.69) is 15.5 Å². The molecule has 0 radical (unpaired) electrons. The lowest BCUT2D eigenvalue weighted by Gasteiger charge is -2.14. The molecule has 0 bridgehead atoms. The molecule has 3 aromatic rings. The Kier molecular flexibility index (Phi) is 6.57. The van der Waals surface area contributed by atoms with Crippen molar-refractivity contribution in [3.63, 3.8) is 0 Å². The lowest BCUT2D eigenvalue weighted by Crippen LogP contribution is -2.18. The molecule has 1 atom stereocenters. The number of carbonyl (C=O) groups excluding carboxylic acids is 1. The fourth-order valence-electron chi connectivity index (χ4n) is 3.27. The molecule has 6 nitrogen and oxygen atoms in total. The molecule has 162 valence electrons. The predicted molar refractivity (Wildman–Crippen MR) is 110 cm³/mol. The average Bonchev–Trinajstić information content (AvgIpc) is 3.40. The van der Waals surface area contributed by atoms with E-state index in [1.54, 1.807) is 12.1 Å². The summed E-state index contributed by atoms with van der Waals surface area (Å²) in [5, 5.41) is 11.5. The van der Waals surface area contributed by atoms with Crippen LogP contribution in [0, 0.1) is 17.5 Å². The van der Waals surface area contributed by atoms with Gasteiger partial charge < -0.3 is 10.1 Å². The number of rotatable bonds is 7. The Bertz CT molecular complexity index is 1070. The molecular formula is C21H19F3N4O2S. The quantitative estimate of drug-likeness (QED) is 0.547. The summed E-state index contributed by atoms with van der Waals surface area (Å²) < 4.78 is 47.3. The van der Waals surface area contributed by atoms with Crippen LogP contribution in [0.25, 0.3) is 11.4 Å². The first-order valence-corrected chi connectivity index (χ1v) is 10.7. The number of hydrogen-bond acceptors (Lipinski definition) is 5. The third-order valence-corrected chi connectivity index (χ3v) is 5.73. The van der Waals surface area contributed by atoms with Gasteiger partial charge in [0.1, 0.15) is 5.82 Å². The van der Waals surface area contributed by atoms with Crippen molar-refractivity contribution in [3.8, 4) is 11.4 Å². The first-order valence-electron chi connectivity index (χ1n) is 9.68. The molecule has 2 aromatic carbocycles. The molecule has 1 aliphatic rings. The molecule has 1 aliphatic heterocycles. The molecule has 10 heteroatoms. The minimum absolute atomic E-state index is 0.00515. The zero-order valence-electron chi connectivity index (χ0n) is 16.4. The lowest BCUT2D eigenvalue weighted by atomic mass is 10.2. The third-order valence-electron chi connectivity index (χ3n) is 4.77. The van der Waals surface area contributed by atoms with E-state index in [-0.39, 0.29) is 23.4 Å². The highest BCUT2D eigenvalue weighted by molar-refractivity contribution is 7.99. The van der Waals surface area contributed by atoms with Crippen LogP contribution in [0.3, 0.4) is 0 Å². The zero-order chi connectivity index (χ0) is 21.8. The van der Waals surface area contributed by atoms with Crippen molar-refractivity contribution in [2.75, 3.05) is 17.7 Å². The highest BCUT2D eigenvalue weighted by Gasteiger charge is 2.22. The van der Waals surface area contributed by atoms with E-state index in [0.717, 1.165) is 36.7 Å². The molecule has 1 amide bonds. The summed E-state index contributed by atoms with van der Waals surface area (Å²) >= 11 is 1.16. The number of benzene rings is 2. The summed E-state index contributed by atoms with van der Waals surface area (Å²) in [5.41, 5.74) is 0.863. The second-order valence-corrected chi connectivity index (χ2v) is 7.97. The van der Waals surface area contributed by atoms with Crippen molar-refractivity contribution >= 4 is 23.4 Å². The number of nitrogens with one attached hydrogen (secondary N) is 1. The van der Waals surface area contributed by atoms with Crippen molar-refractivity contribution in [2.45, 2.75) is 30.6 Å². The fraction of sp³-hybridized carbons (Fsp3) is 0.286. The van der Waals surface area contributed by atoms with Gasteiger partial charge >= 0.3 is 0 Å². The summed E-state index contributed by atoms with van der Waals surface area (Å²) in [6.45, 7) is 1.20. The van der Waals surface area contributed by atoms with Gasteiger partial charge in [0.25, 0.3) is 0 Å². The summed E-state index contributed by atoms with van der Waals surface area (Å²) in [4.78, 5) is 12.3. The van der Waals surface area contributed by atoms with Gasteiger partial charge in [-0.2, -0.15) is 0 Å². The van der Waals surface area contributed by atoms with Crippen LogP contribution < -0.4 is 5.32 Å². The number of thioether (sulfide) groups is 1. The smallest absolute Gasteiger partial charge is 0.234 e. The number of amides is 1. The molecule has 4 rings (SSSR count). The first kappa shape index (κ1) is 21.4. The molecule has 0 aliphatic carbocycles. The zero-order valence-corrected chi connectivity index (χ0v) is 17.2. The summed E-state index contributed by atoms with van der Waals surface area (Å²) in [6.07, 6.45) is 1.88. The normalized spacial score (nSPS) is 15.9. The maximum Gasteiger partial charge on any atom is 0.234 e. The monoisotopic (exact) mass is 448 g/mol. The molecular weight excluding hydrogens is 429 g/mol. The van der Waals surface area contributed by atoms with Gasteiger partial charge in [-0.3, -0.25) is 9.36 Å². The van der Waals surface area contributed by atoms with E-state index in [0.29, 0.717) is 29.7 Å². The molecule has 1 fully saturated rings. The standard InChI is InChI=1S/C21H19F3N4O2S/c22-14-5-3-13(4-6-14)20-26-27-21(28(20)11-16-2-1-9-30-16)31-12-19(29)25-15-7-8-17(23)18(24)10-15/h3-8,10,16H,1-2,9,11-12H2,(H,25,29). The molecule has 2 heterocycles. The summed E-state index contributed by atoms with van der Waals surface area (Å²) in [5.74, 6) is -2.22. The van der Waals surface area contributed by atoms with Gasteiger partial charge in [-0.05, 0) is 49.2 Å². The second kappa shape index (κ2) is 9.52. The first-order chi connectivity index (χ1) is 15.0. The molecule has 1 aromatic heterocycles. The van der Waals surface area contributed by atoms with Crippen molar-refractivity contribution in [3.05, 3.63) is 59.9 Å². The van der Waals surface area contributed by atoms with E-state index < -0.39 is 17.5 Å². The van der Waals surface area contributed by atoms with Crippen molar-refractivity contribution in [2.24, 2.45) is 0 Å². The Balaban J connectivity index is 1.49. The Morgan fingerprint density at radius 3 is 2.65 bits per heavy atom. The SMILES string of the molecule is O=C(CSc1nnc(-c2ccc(F)cc2)n1CC1CCCO1)Nc1ccc(F)c(F)c1. The Labute approximate surface area is 180 Å². The van der Waals surface area contributed by atoms with Crippen molar-refractivity contribution in [1.29, 1.82) is 0 Å². The molecule has 1 N–H and O–H groups in total. The number of nitrogens with zero attached hydrogens (tertiary/aromatic N) is 3. The van der Waals surface area contributed by atoms with Crippen LogP contribution in [-0.2, 0) is 16.1 Å². The lowest BCUT2D eigenvalue weighted by molar-refractivity contribution is -0.113. The highest BCUT2D eigenvalue weighted by atomic mass is 32.2. The van der Waals surface area contributed by atoms with E-state index in [9.17, 15) is 18.0 Å². The Morgan fingerprint density at radius 2 is 1.94 bits per heavy atom. The summed E-state index contributed by atoms with van der Waals surface area (Å²) in [6, 6.07) is 9.10. The highest BCUT2D eigenvalue weighted by Crippen LogP contribution is 2.27. The van der Waals surface area contributed by atoms with Crippen LogP contribution in [0.5, 0.6) is 0 Å². The van der Waals surface area contributed by atoms with E-state index in [1.807, 2.05) is 4.57 Å². The number of anilines is 1. The van der Waals surface area contributed by atoms with Gasteiger partial charge in [-0.25, -0.2) is 13.2 Å². The number of carbonyl (C=O) groups is 1. The van der Waals surface area contributed by atoms with E-state index in [1.165, 1.54) is 18.2 Å². The van der Waals surface area contributed by atoms with Crippen LogP contribution in [0.4, 0.5) is 18.9 Å². The third kappa shape index (κ3) is 5.26. The fourth-order valence-corrected chi connectivity index (χ4v) is 4.01. The largest absolute Gasteiger partial charge is 0.376 e. The van der Waals surface area contributed by atoms with Crippen molar-refractivity contribution in [1.82, 2.24) is 14.8 Å². The van der Waals surface area contributed by atoms with Crippen LogP contribution in [0.15, 0.2) is 47.6 Å². The van der Waals surface area contributed by atoms with Gasteiger partial charge in [-0.15, -0.1) is 10.2 Å². The maximum absolute atomic E-state index is 13.3. The van der Waals surface area contributed by atoms with Crippen LogP contribution in [0.2, 0.25) is 0 Å². The molecule has 0 spiro atoms. The topological polar surface area (TPSA) is 69.0 Å². The molecule has 1 unspecified atom stereocenters. The van der Waals surface area contributed by atoms with Gasteiger partial charge in [-0.1, -0.05) is 11.8 Å². The predicted octanol–water partition coefficient (Wildman–Crippen LogP) is 4.27. The molecule has 0 saturated carbocycles. The van der Waals surface area contributed by atoms with Gasteiger partial charge in [0.15, 0.2) is 22.6 Å². The van der Waals surface area contributed by atoms with Gasteiger partial charge in [0, 0.05) is 23.9 Å². The van der Waals surface area contributed by atoms with E-state index in [4.69, 9.17) is 4.74 Å². The number of ether oxygens (including phenoxy) is 1. The second-order valence-electron chi connectivity index (χ2n) is 7.02. The van der Waals surface area contributed by atoms with Crippen LogP contribution in [0.1, 0.15) is 12.8 Å².